The quantitative estimate of drug-likeness (QED) is 0.763. The van der Waals surface area contributed by atoms with Crippen LogP contribution in [0.15, 0.2) is 16.5 Å². The standard InChI is InChI=1S/C12H22N2O2/c1-10-4-5-12(16-10)9-14(2)8-11(13)6-7-15-3/h4-5,11H,6-9,13H2,1-3H3. The molecule has 0 aromatic carbocycles. The van der Waals surface area contributed by atoms with Gasteiger partial charge in [0.15, 0.2) is 0 Å². The predicted molar refractivity (Wildman–Crippen MR) is 64.2 cm³/mol. The Morgan fingerprint density at radius 2 is 2.25 bits per heavy atom. The van der Waals surface area contributed by atoms with Gasteiger partial charge in [0, 0.05) is 26.3 Å². The highest BCUT2D eigenvalue weighted by Crippen LogP contribution is 2.08. The van der Waals surface area contributed by atoms with Crippen LogP contribution >= 0.6 is 0 Å². The smallest absolute Gasteiger partial charge is 0.118 e. The Balaban J connectivity index is 2.27. The minimum Gasteiger partial charge on any atom is -0.465 e. The molecule has 0 aliphatic carbocycles. The molecule has 1 aromatic heterocycles. The predicted octanol–water partition coefficient (Wildman–Crippen LogP) is 1.38. The van der Waals surface area contributed by atoms with Gasteiger partial charge in [-0.1, -0.05) is 0 Å². The molecular formula is C12H22N2O2. The van der Waals surface area contributed by atoms with Crippen LogP contribution in [0.1, 0.15) is 17.9 Å². The van der Waals surface area contributed by atoms with Crippen LogP contribution in [0.5, 0.6) is 0 Å². The summed E-state index contributed by atoms with van der Waals surface area (Å²) in [6, 6.07) is 4.14. The van der Waals surface area contributed by atoms with E-state index < -0.39 is 0 Å². The number of hydrogen-bond acceptors (Lipinski definition) is 4. The number of ether oxygens (including phenoxy) is 1. The molecule has 0 bridgehead atoms. The molecule has 0 spiro atoms. The van der Waals surface area contributed by atoms with E-state index in [0.717, 1.165) is 37.6 Å². The van der Waals surface area contributed by atoms with Crippen molar-refractivity contribution in [1.29, 1.82) is 0 Å². The Kier molecular flexibility index (Phi) is 5.52. The van der Waals surface area contributed by atoms with Crippen molar-refractivity contribution in [2.24, 2.45) is 5.73 Å². The summed E-state index contributed by atoms with van der Waals surface area (Å²) < 4.78 is 10.5. The molecule has 1 atom stereocenters. The highest BCUT2D eigenvalue weighted by atomic mass is 16.5. The molecule has 1 heterocycles. The van der Waals surface area contributed by atoms with Crippen molar-refractivity contribution in [1.82, 2.24) is 4.90 Å². The van der Waals surface area contributed by atoms with E-state index in [1.807, 2.05) is 26.1 Å². The van der Waals surface area contributed by atoms with Crippen LogP contribution in [0.25, 0.3) is 0 Å². The second kappa shape index (κ2) is 6.68. The molecular weight excluding hydrogens is 204 g/mol. The van der Waals surface area contributed by atoms with Crippen molar-refractivity contribution in [3.05, 3.63) is 23.7 Å². The van der Waals surface area contributed by atoms with Crippen molar-refractivity contribution < 1.29 is 9.15 Å². The molecule has 4 heteroatoms. The van der Waals surface area contributed by atoms with Crippen molar-refractivity contribution in [2.45, 2.75) is 25.9 Å². The number of rotatable bonds is 7. The maximum atomic E-state index is 5.97. The van der Waals surface area contributed by atoms with Crippen LogP contribution < -0.4 is 5.73 Å². The molecule has 0 aliphatic rings. The summed E-state index contributed by atoms with van der Waals surface area (Å²) in [5.41, 5.74) is 5.97. The van der Waals surface area contributed by atoms with Gasteiger partial charge in [0.05, 0.1) is 6.54 Å². The Morgan fingerprint density at radius 1 is 1.50 bits per heavy atom. The first-order chi connectivity index (χ1) is 7.61. The SMILES string of the molecule is COCCC(N)CN(C)Cc1ccc(C)o1. The number of nitrogens with zero attached hydrogens (tertiary/aromatic N) is 1. The average Bonchev–Trinajstić information content (AvgIpc) is 2.60. The minimum atomic E-state index is 0.154. The molecule has 1 aromatic rings. The van der Waals surface area contributed by atoms with Gasteiger partial charge >= 0.3 is 0 Å². The van der Waals surface area contributed by atoms with Crippen LogP contribution in [0.3, 0.4) is 0 Å². The van der Waals surface area contributed by atoms with E-state index in [2.05, 4.69) is 4.90 Å². The van der Waals surface area contributed by atoms with E-state index in [9.17, 15) is 0 Å². The normalized spacial score (nSPS) is 13.3. The van der Waals surface area contributed by atoms with E-state index in [-0.39, 0.29) is 6.04 Å². The van der Waals surface area contributed by atoms with Gasteiger partial charge in [0.1, 0.15) is 11.5 Å². The first kappa shape index (κ1) is 13.2. The van der Waals surface area contributed by atoms with Crippen LogP contribution in [-0.4, -0.2) is 38.3 Å². The lowest BCUT2D eigenvalue weighted by Crippen LogP contribution is -2.35. The number of likely N-dealkylation sites (N-methyl/N-ethyl adjacent to an activating group) is 1. The second-order valence-corrected chi connectivity index (χ2v) is 4.25. The highest BCUT2D eigenvalue weighted by Gasteiger charge is 2.08. The molecule has 0 saturated heterocycles. The van der Waals surface area contributed by atoms with Gasteiger partial charge in [-0.3, -0.25) is 4.90 Å². The maximum absolute atomic E-state index is 5.97. The fraction of sp³-hybridized carbons (Fsp3) is 0.667. The van der Waals surface area contributed by atoms with Gasteiger partial charge < -0.3 is 14.9 Å². The molecule has 4 nitrogen and oxygen atoms in total. The van der Waals surface area contributed by atoms with Gasteiger partial charge in [0.25, 0.3) is 0 Å². The average molecular weight is 226 g/mol. The lowest BCUT2D eigenvalue weighted by molar-refractivity contribution is 0.177. The number of hydrogen-bond donors (Lipinski definition) is 1. The number of methoxy groups -OCH3 is 1. The molecule has 92 valence electrons. The molecule has 0 amide bonds. The third-order valence-corrected chi connectivity index (χ3v) is 2.46. The zero-order valence-electron chi connectivity index (χ0n) is 10.4. The first-order valence-electron chi connectivity index (χ1n) is 5.60. The maximum Gasteiger partial charge on any atom is 0.118 e. The Labute approximate surface area is 97.4 Å². The van der Waals surface area contributed by atoms with Gasteiger partial charge in [-0.2, -0.15) is 0 Å². The second-order valence-electron chi connectivity index (χ2n) is 4.25. The molecule has 2 N–H and O–H groups in total. The van der Waals surface area contributed by atoms with Crippen LogP contribution in [0.2, 0.25) is 0 Å². The van der Waals surface area contributed by atoms with Gasteiger partial charge in [-0.05, 0) is 32.5 Å². The largest absolute Gasteiger partial charge is 0.465 e. The Morgan fingerprint density at radius 3 is 2.81 bits per heavy atom. The molecule has 1 rings (SSSR count). The fourth-order valence-electron chi connectivity index (χ4n) is 1.66. The van der Waals surface area contributed by atoms with Crippen molar-refractivity contribution in [3.8, 4) is 0 Å². The molecule has 0 aliphatic heterocycles. The Bertz CT molecular complexity index is 299. The lowest BCUT2D eigenvalue weighted by atomic mass is 10.2. The number of nitrogens with two attached hydrogens (primary N) is 1. The van der Waals surface area contributed by atoms with Crippen LogP contribution in [0.4, 0.5) is 0 Å². The summed E-state index contributed by atoms with van der Waals surface area (Å²) in [5, 5.41) is 0. The van der Waals surface area contributed by atoms with E-state index in [1.165, 1.54) is 0 Å². The van der Waals surface area contributed by atoms with Crippen LogP contribution in [0, 0.1) is 6.92 Å². The van der Waals surface area contributed by atoms with E-state index in [0.29, 0.717) is 0 Å². The van der Waals surface area contributed by atoms with E-state index in [4.69, 9.17) is 14.9 Å². The number of furan rings is 1. The van der Waals surface area contributed by atoms with E-state index >= 15 is 0 Å². The van der Waals surface area contributed by atoms with E-state index in [1.54, 1.807) is 7.11 Å². The molecule has 0 radical (unpaired) electrons. The van der Waals surface area contributed by atoms with Gasteiger partial charge in [0.2, 0.25) is 0 Å². The van der Waals surface area contributed by atoms with Crippen molar-refractivity contribution in [3.63, 3.8) is 0 Å². The number of aryl methyl sites for hydroxylation is 1. The lowest BCUT2D eigenvalue weighted by Gasteiger charge is -2.19. The zero-order chi connectivity index (χ0) is 12.0. The third-order valence-electron chi connectivity index (χ3n) is 2.46. The summed E-state index contributed by atoms with van der Waals surface area (Å²) in [7, 11) is 3.74. The fourth-order valence-corrected chi connectivity index (χ4v) is 1.66. The Hall–Kier alpha value is -0.840. The summed E-state index contributed by atoms with van der Waals surface area (Å²) in [4.78, 5) is 2.17. The minimum absolute atomic E-state index is 0.154. The molecule has 1 unspecified atom stereocenters. The summed E-state index contributed by atoms with van der Waals surface area (Å²) in [5.74, 6) is 1.94. The zero-order valence-corrected chi connectivity index (χ0v) is 10.4. The van der Waals surface area contributed by atoms with Gasteiger partial charge in [-0.15, -0.1) is 0 Å². The molecule has 0 saturated carbocycles. The third kappa shape index (κ3) is 4.79. The highest BCUT2D eigenvalue weighted by molar-refractivity contribution is 5.05. The van der Waals surface area contributed by atoms with Crippen molar-refractivity contribution in [2.75, 3.05) is 27.3 Å². The summed E-state index contributed by atoms with van der Waals surface area (Å²) in [6.07, 6.45) is 0.887. The topological polar surface area (TPSA) is 51.6 Å². The van der Waals surface area contributed by atoms with Gasteiger partial charge in [-0.25, -0.2) is 0 Å². The molecule has 0 fully saturated rings. The summed E-state index contributed by atoms with van der Waals surface area (Å²) >= 11 is 0. The summed E-state index contributed by atoms with van der Waals surface area (Å²) in [6.45, 7) is 4.32. The van der Waals surface area contributed by atoms with Crippen LogP contribution in [-0.2, 0) is 11.3 Å². The monoisotopic (exact) mass is 226 g/mol. The first-order valence-corrected chi connectivity index (χ1v) is 5.60. The van der Waals surface area contributed by atoms with Crippen molar-refractivity contribution >= 4 is 0 Å². The molecule has 16 heavy (non-hydrogen) atoms.